The van der Waals surface area contributed by atoms with Gasteiger partial charge in [0.15, 0.2) is 0 Å². The molecule has 2 aromatic rings. The first-order valence-corrected chi connectivity index (χ1v) is 6.97. The van der Waals surface area contributed by atoms with Crippen LogP contribution < -0.4 is 0 Å². The van der Waals surface area contributed by atoms with E-state index in [9.17, 15) is 5.11 Å². The van der Waals surface area contributed by atoms with Gasteiger partial charge in [0.25, 0.3) is 0 Å². The van der Waals surface area contributed by atoms with Gasteiger partial charge >= 0.3 is 0 Å². The van der Waals surface area contributed by atoms with Gasteiger partial charge in [0.2, 0.25) is 0 Å². The van der Waals surface area contributed by atoms with Gasteiger partial charge < -0.3 is 9.63 Å². The number of aliphatic hydroxyl groups is 1. The molecule has 1 aromatic carbocycles. The van der Waals surface area contributed by atoms with Crippen LogP contribution in [0.3, 0.4) is 0 Å². The standard InChI is InChI=1S/C14H13Cl2NO2/c1-7(18)11-13(17-19-14(11)8-5-6-8)12-9(15)3-2-4-10(12)16/h2-4,7-8,18H,5-6H2,1H3. The van der Waals surface area contributed by atoms with Crippen LogP contribution in [0.4, 0.5) is 0 Å². The van der Waals surface area contributed by atoms with Crippen LogP contribution in [0, 0.1) is 0 Å². The van der Waals surface area contributed by atoms with E-state index in [-0.39, 0.29) is 0 Å². The Balaban J connectivity index is 2.20. The van der Waals surface area contributed by atoms with Crippen LogP contribution in [0.5, 0.6) is 0 Å². The zero-order valence-electron chi connectivity index (χ0n) is 10.4. The number of benzene rings is 1. The Morgan fingerprint density at radius 2 is 1.95 bits per heavy atom. The second-order valence-electron chi connectivity index (χ2n) is 4.86. The highest BCUT2D eigenvalue weighted by atomic mass is 35.5. The molecule has 0 spiro atoms. The molecule has 1 atom stereocenters. The maximum absolute atomic E-state index is 10.0. The summed E-state index contributed by atoms with van der Waals surface area (Å²) in [6.45, 7) is 1.70. The molecule has 0 bridgehead atoms. The smallest absolute Gasteiger partial charge is 0.146 e. The number of rotatable bonds is 3. The van der Waals surface area contributed by atoms with Crippen LogP contribution in [0.25, 0.3) is 11.3 Å². The minimum Gasteiger partial charge on any atom is -0.388 e. The largest absolute Gasteiger partial charge is 0.388 e. The van der Waals surface area contributed by atoms with Crippen molar-refractivity contribution < 1.29 is 9.63 Å². The van der Waals surface area contributed by atoms with E-state index >= 15 is 0 Å². The molecule has 1 aliphatic carbocycles. The number of hydrogen-bond donors (Lipinski definition) is 1. The summed E-state index contributed by atoms with van der Waals surface area (Å²) in [5.41, 5.74) is 1.88. The van der Waals surface area contributed by atoms with Crippen molar-refractivity contribution in [3.63, 3.8) is 0 Å². The van der Waals surface area contributed by atoms with Crippen LogP contribution in [0.1, 0.15) is 43.1 Å². The average molecular weight is 298 g/mol. The first-order valence-electron chi connectivity index (χ1n) is 6.21. The minimum absolute atomic E-state index is 0.368. The lowest BCUT2D eigenvalue weighted by molar-refractivity contribution is 0.196. The van der Waals surface area contributed by atoms with Gasteiger partial charge in [-0.25, -0.2) is 0 Å². The third kappa shape index (κ3) is 2.27. The topological polar surface area (TPSA) is 46.3 Å². The van der Waals surface area contributed by atoms with Crippen molar-refractivity contribution in [1.29, 1.82) is 0 Å². The van der Waals surface area contributed by atoms with Crippen molar-refractivity contribution >= 4 is 23.2 Å². The van der Waals surface area contributed by atoms with Gasteiger partial charge in [0, 0.05) is 11.5 Å². The zero-order valence-corrected chi connectivity index (χ0v) is 11.9. The Morgan fingerprint density at radius 1 is 1.32 bits per heavy atom. The molecule has 1 aliphatic rings. The molecule has 0 aliphatic heterocycles. The first-order chi connectivity index (χ1) is 9.09. The molecule has 0 radical (unpaired) electrons. The predicted octanol–water partition coefficient (Wildman–Crippen LogP) is 4.58. The molecule has 1 aromatic heterocycles. The van der Waals surface area contributed by atoms with Crippen molar-refractivity contribution in [3.05, 3.63) is 39.6 Å². The highest BCUT2D eigenvalue weighted by molar-refractivity contribution is 6.39. The minimum atomic E-state index is -0.663. The van der Waals surface area contributed by atoms with Gasteiger partial charge in [-0.3, -0.25) is 0 Å². The summed E-state index contributed by atoms with van der Waals surface area (Å²) in [6.07, 6.45) is 1.49. The van der Waals surface area contributed by atoms with Crippen molar-refractivity contribution in [1.82, 2.24) is 5.16 Å². The number of aliphatic hydroxyl groups excluding tert-OH is 1. The van der Waals surface area contributed by atoms with E-state index in [2.05, 4.69) is 5.16 Å². The van der Waals surface area contributed by atoms with Crippen molar-refractivity contribution in [2.24, 2.45) is 0 Å². The summed E-state index contributed by atoms with van der Waals surface area (Å²) < 4.78 is 5.42. The molecule has 100 valence electrons. The van der Waals surface area contributed by atoms with Crippen LogP contribution >= 0.6 is 23.2 Å². The lowest BCUT2D eigenvalue weighted by Gasteiger charge is -2.09. The van der Waals surface area contributed by atoms with Gasteiger partial charge in [0.1, 0.15) is 11.5 Å². The molecule has 19 heavy (non-hydrogen) atoms. The van der Waals surface area contributed by atoms with Crippen molar-refractivity contribution in [2.75, 3.05) is 0 Å². The Morgan fingerprint density at radius 3 is 2.47 bits per heavy atom. The van der Waals surface area contributed by atoms with Crippen LogP contribution in [0.15, 0.2) is 22.7 Å². The molecule has 1 heterocycles. The summed E-state index contributed by atoms with van der Waals surface area (Å²) in [5, 5.41) is 15.1. The van der Waals surface area contributed by atoms with E-state index in [1.54, 1.807) is 25.1 Å². The third-order valence-corrected chi connectivity index (χ3v) is 3.95. The molecule has 3 rings (SSSR count). The van der Waals surface area contributed by atoms with Gasteiger partial charge in [-0.2, -0.15) is 0 Å². The fraction of sp³-hybridized carbons (Fsp3) is 0.357. The van der Waals surface area contributed by atoms with Crippen LogP contribution in [0.2, 0.25) is 10.0 Å². The lowest BCUT2D eigenvalue weighted by atomic mass is 10.0. The SMILES string of the molecule is CC(O)c1c(-c2c(Cl)cccc2Cl)noc1C1CC1. The molecular weight excluding hydrogens is 285 g/mol. The van der Waals surface area contributed by atoms with E-state index in [1.807, 2.05) is 0 Å². The Kier molecular flexibility index (Phi) is 3.29. The van der Waals surface area contributed by atoms with Crippen LogP contribution in [-0.4, -0.2) is 10.3 Å². The molecule has 0 amide bonds. The lowest BCUT2D eigenvalue weighted by Crippen LogP contribution is -1.97. The summed E-state index contributed by atoms with van der Waals surface area (Å²) in [7, 11) is 0. The number of halogens is 2. The predicted molar refractivity (Wildman–Crippen MR) is 74.6 cm³/mol. The summed E-state index contributed by atoms with van der Waals surface area (Å²) in [6, 6.07) is 5.28. The fourth-order valence-electron chi connectivity index (χ4n) is 2.26. The number of nitrogens with zero attached hydrogens (tertiary/aromatic N) is 1. The normalized spacial score (nSPS) is 16.6. The molecule has 1 saturated carbocycles. The molecule has 1 N–H and O–H groups in total. The van der Waals surface area contributed by atoms with E-state index < -0.39 is 6.10 Å². The Hall–Kier alpha value is -1.03. The number of hydrogen-bond acceptors (Lipinski definition) is 3. The van der Waals surface area contributed by atoms with Crippen molar-refractivity contribution in [2.45, 2.75) is 31.8 Å². The zero-order chi connectivity index (χ0) is 13.6. The highest BCUT2D eigenvalue weighted by Gasteiger charge is 2.34. The number of aromatic nitrogens is 1. The van der Waals surface area contributed by atoms with E-state index in [0.717, 1.165) is 18.6 Å². The monoisotopic (exact) mass is 297 g/mol. The summed E-state index contributed by atoms with van der Waals surface area (Å²) in [4.78, 5) is 0. The highest BCUT2D eigenvalue weighted by Crippen LogP contribution is 2.47. The Bertz CT molecular complexity index is 598. The summed E-state index contributed by atoms with van der Waals surface area (Å²) >= 11 is 12.4. The fourth-order valence-corrected chi connectivity index (χ4v) is 2.83. The van der Waals surface area contributed by atoms with E-state index in [0.29, 0.717) is 32.8 Å². The molecule has 3 nitrogen and oxygen atoms in total. The van der Waals surface area contributed by atoms with Crippen LogP contribution in [-0.2, 0) is 0 Å². The van der Waals surface area contributed by atoms with Gasteiger partial charge in [-0.15, -0.1) is 0 Å². The van der Waals surface area contributed by atoms with E-state index in [1.165, 1.54) is 0 Å². The van der Waals surface area contributed by atoms with Gasteiger partial charge in [0.05, 0.1) is 21.7 Å². The maximum atomic E-state index is 10.0. The molecule has 0 saturated heterocycles. The van der Waals surface area contributed by atoms with Crippen molar-refractivity contribution in [3.8, 4) is 11.3 Å². The molecular formula is C14H13Cl2NO2. The summed E-state index contributed by atoms with van der Waals surface area (Å²) in [5.74, 6) is 1.13. The first kappa shape index (κ1) is 13.0. The molecule has 5 heteroatoms. The molecule has 1 unspecified atom stereocenters. The third-order valence-electron chi connectivity index (χ3n) is 3.32. The van der Waals surface area contributed by atoms with E-state index in [4.69, 9.17) is 27.7 Å². The van der Waals surface area contributed by atoms with Gasteiger partial charge in [-0.05, 0) is 31.9 Å². The Labute approximate surface area is 121 Å². The quantitative estimate of drug-likeness (QED) is 0.902. The maximum Gasteiger partial charge on any atom is 0.146 e. The molecule has 1 fully saturated rings. The second-order valence-corrected chi connectivity index (χ2v) is 5.67. The second kappa shape index (κ2) is 4.82. The van der Waals surface area contributed by atoms with Gasteiger partial charge in [-0.1, -0.05) is 34.4 Å². The average Bonchev–Trinajstić information content (AvgIpc) is 3.09.